The summed E-state index contributed by atoms with van der Waals surface area (Å²) in [5.74, 6) is -0.404. The molecule has 0 aliphatic heterocycles. The van der Waals surface area contributed by atoms with Crippen LogP contribution in [0.4, 0.5) is 5.69 Å². The molecule has 116 valence electrons. The van der Waals surface area contributed by atoms with Crippen molar-refractivity contribution >= 4 is 11.7 Å². The second kappa shape index (κ2) is 7.43. The number of aliphatic hydroxyl groups is 1. The van der Waals surface area contributed by atoms with Gasteiger partial charge in [0.2, 0.25) is 0 Å². The highest BCUT2D eigenvalue weighted by Gasteiger charge is 2.24. The third-order valence-electron chi connectivity index (χ3n) is 4.17. The lowest BCUT2D eigenvalue weighted by Gasteiger charge is -2.29. The number of anilines is 1. The quantitative estimate of drug-likeness (QED) is 0.617. The number of nitrogens with two attached hydrogens (primary N) is 1. The van der Waals surface area contributed by atoms with Crippen LogP contribution in [0.5, 0.6) is 0 Å². The zero-order valence-electron chi connectivity index (χ0n) is 12.5. The van der Waals surface area contributed by atoms with Crippen LogP contribution in [-0.4, -0.2) is 42.3 Å². The number of carbonyl (C=O) groups is 1. The van der Waals surface area contributed by atoms with E-state index in [1.54, 1.807) is 6.07 Å². The number of methoxy groups -OCH3 is 1. The summed E-state index contributed by atoms with van der Waals surface area (Å²) in [6.45, 7) is 1.34. The van der Waals surface area contributed by atoms with Crippen molar-refractivity contribution in [1.82, 2.24) is 4.90 Å². The van der Waals surface area contributed by atoms with E-state index in [4.69, 9.17) is 10.5 Å². The third-order valence-corrected chi connectivity index (χ3v) is 4.17. The second-order valence-corrected chi connectivity index (χ2v) is 5.51. The number of benzene rings is 1. The van der Waals surface area contributed by atoms with Crippen LogP contribution < -0.4 is 5.73 Å². The van der Waals surface area contributed by atoms with Gasteiger partial charge in [0.1, 0.15) is 0 Å². The van der Waals surface area contributed by atoms with Gasteiger partial charge >= 0.3 is 5.97 Å². The Labute approximate surface area is 125 Å². The third kappa shape index (κ3) is 3.74. The first-order valence-electron chi connectivity index (χ1n) is 7.48. The number of carbonyl (C=O) groups excluding carboxylic acids is 1. The first kappa shape index (κ1) is 15.8. The maximum Gasteiger partial charge on any atom is 0.340 e. The van der Waals surface area contributed by atoms with Gasteiger partial charge in [0.25, 0.3) is 0 Å². The molecule has 5 nitrogen and oxygen atoms in total. The van der Waals surface area contributed by atoms with Gasteiger partial charge in [0, 0.05) is 24.8 Å². The standard InChI is InChI=1S/C16H24N2O3/c1-21-16(20)15-12(5-4-8-14(15)17)11-18(9-10-19)13-6-2-3-7-13/h4-5,8,13,19H,2-3,6-7,9-11,17H2,1H3. The fourth-order valence-electron chi connectivity index (χ4n) is 3.11. The smallest absolute Gasteiger partial charge is 0.340 e. The van der Waals surface area contributed by atoms with Crippen molar-refractivity contribution < 1.29 is 14.6 Å². The molecule has 0 unspecified atom stereocenters. The van der Waals surface area contributed by atoms with Gasteiger partial charge in [-0.25, -0.2) is 4.79 Å². The minimum absolute atomic E-state index is 0.117. The van der Waals surface area contributed by atoms with Crippen LogP contribution in [0.2, 0.25) is 0 Å². The van der Waals surface area contributed by atoms with Crippen LogP contribution in [0.15, 0.2) is 18.2 Å². The largest absolute Gasteiger partial charge is 0.465 e. The van der Waals surface area contributed by atoms with Gasteiger partial charge in [-0.05, 0) is 24.5 Å². The molecule has 0 saturated heterocycles. The summed E-state index contributed by atoms with van der Waals surface area (Å²) in [7, 11) is 1.36. The fraction of sp³-hybridized carbons (Fsp3) is 0.562. The first-order valence-corrected chi connectivity index (χ1v) is 7.48. The normalized spacial score (nSPS) is 15.6. The van der Waals surface area contributed by atoms with Gasteiger partial charge in [-0.3, -0.25) is 4.90 Å². The Bertz CT molecular complexity index is 484. The molecule has 1 aromatic rings. The molecule has 0 atom stereocenters. The average Bonchev–Trinajstić information content (AvgIpc) is 3.00. The molecule has 0 amide bonds. The van der Waals surface area contributed by atoms with Gasteiger partial charge in [-0.15, -0.1) is 0 Å². The molecular formula is C16H24N2O3. The van der Waals surface area contributed by atoms with E-state index in [-0.39, 0.29) is 6.61 Å². The molecule has 1 aromatic carbocycles. The van der Waals surface area contributed by atoms with E-state index in [2.05, 4.69) is 4.90 Å². The van der Waals surface area contributed by atoms with Crippen molar-refractivity contribution in [2.75, 3.05) is 26.0 Å². The van der Waals surface area contributed by atoms with Crippen LogP contribution in [-0.2, 0) is 11.3 Å². The number of nitrogen functional groups attached to an aromatic ring is 1. The number of hydrogen-bond donors (Lipinski definition) is 2. The summed E-state index contributed by atoms with van der Waals surface area (Å²) in [4.78, 5) is 14.2. The van der Waals surface area contributed by atoms with E-state index in [1.165, 1.54) is 20.0 Å². The number of ether oxygens (including phenoxy) is 1. The number of rotatable bonds is 6. The molecule has 2 rings (SSSR count). The number of esters is 1. The SMILES string of the molecule is COC(=O)c1c(N)cccc1CN(CCO)C1CCCC1. The molecule has 0 aromatic heterocycles. The minimum Gasteiger partial charge on any atom is -0.465 e. The van der Waals surface area contributed by atoms with Crippen LogP contribution in [0.3, 0.4) is 0 Å². The molecule has 1 fully saturated rings. The summed E-state index contributed by atoms with van der Waals surface area (Å²) in [6.07, 6.45) is 4.76. The molecule has 1 aliphatic carbocycles. The first-order chi connectivity index (χ1) is 10.2. The Morgan fingerprint density at radius 1 is 1.43 bits per heavy atom. The van der Waals surface area contributed by atoms with Gasteiger partial charge in [0.05, 0.1) is 19.3 Å². The maximum absolute atomic E-state index is 11.9. The maximum atomic E-state index is 11.9. The van der Waals surface area contributed by atoms with Crippen LogP contribution in [0.1, 0.15) is 41.6 Å². The molecule has 0 heterocycles. The molecule has 0 bridgehead atoms. The molecular weight excluding hydrogens is 268 g/mol. The highest BCUT2D eigenvalue weighted by Crippen LogP contribution is 2.27. The lowest BCUT2D eigenvalue weighted by molar-refractivity contribution is 0.0598. The Kier molecular flexibility index (Phi) is 5.59. The fourth-order valence-corrected chi connectivity index (χ4v) is 3.11. The average molecular weight is 292 g/mol. The number of nitrogens with zero attached hydrogens (tertiary/aromatic N) is 1. The van der Waals surface area contributed by atoms with E-state index < -0.39 is 5.97 Å². The van der Waals surface area contributed by atoms with Crippen molar-refractivity contribution in [3.63, 3.8) is 0 Å². The Morgan fingerprint density at radius 3 is 2.76 bits per heavy atom. The lowest BCUT2D eigenvalue weighted by atomic mass is 10.0. The van der Waals surface area contributed by atoms with Crippen molar-refractivity contribution in [3.8, 4) is 0 Å². The summed E-state index contributed by atoms with van der Waals surface area (Å²) in [5.41, 5.74) is 7.68. The predicted octanol–water partition coefficient (Wildman–Crippen LogP) is 1.79. The van der Waals surface area contributed by atoms with Crippen LogP contribution in [0.25, 0.3) is 0 Å². The molecule has 0 spiro atoms. The van der Waals surface area contributed by atoms with Crippen molar-refractivity contribution in [2.45, 2.75) is 38.3 Å². The minimum atomic E-state index is -0.404. The second-order valence-electron chi connectivity index (χ2n) is 5.51. The summed E-state index contributed by atoms with van der Waals surface area (Å²) in [6, 6.07) is 5.94. The predicted molar refractivity (Wildman–Crippen MR) is 81.9 cm³/mol. The van der Waals surface area contributed by atoms with Gasteiger partial charge in [-0.1, -0.05) is 25.0 Å². The molecule has 5 heteroatoms. The van der Waals surface area contributed by atoms with Crippen LogP contribution >= 0.6 is 0 Å². The van der Waals surface area contributed by atoms with Gasteiger partial charge in [-0.2, -0.15) is 0 Å². The van der Waals surface area contributed by atoms with Gasteiger partial charge in [0.15, 0.2) is 0 Å². The highest BCUT2D eigenvalue weighted by molar-refractivity contribution is 5.96. The van der Waals surface area contributed by atoms with E-state index in [0.717, 1.165) is 18.4 Å². The number of hydrogen-bond acceptors (Lipinski definition) is 5. The molecule has 21 heavy (non-hydrogen) atoms. The van der Waals surface area contributed by atoms with Crippen LogP contribution in [0, 0.1) is 0 Å². The van der Waals surface area contributed by atoms with Gasteiger partial charge < -0.3 is 15.6 Å². The summed E-state index contributed by atoms with van der Waals surface area (Å²) >= 11 is 0. The molecule has 1 saturated carbocycles. The van der Waals surface area contributed by atoms with Crippen molar-refractivity contribution in [1.29, 1.82) is 0 Å². The lowest BCUT2D eigenvalue weighted by Crippen LogP contribution is -2.35. The van der Waals surface area contributed by atoms with E-state index in [0.29, 0.717) is 30.4 Å². The van der Waals surface area contributed by atoms with E-state index >= 15 is 0 Å². The van der Waals surface area contributed by atoms with E-state index in [9.17, 15) is 9.90 Å². The topological polar surface area (TPSA) is 75.8 Å². The van der Waals surface area contributed by atoms with Crippen molar-refractivity contribution in [3.05, 3.63) is 29.3 Å². The Hall–Kier alpha value is -1.59. The summed E-state index contributed by atoms with van der Waals surface area (Å²) < 4.78 is 4.84. The Morgan fingerprint density at radius 2 is 2.14 bits per heavy atom. The zero-order chi connectivity index (χ0) is 15.2. The number of aliphatic hydroxyl groups excluding tert-OH is 1. The van der Waals surface area contributed by atoms with Crippen molar-refractivity contribution in [2.24, 2.45) is 0 Å². The molecule has 3 N–H and O–H groups in total. The summed E-state index contributed by atoms with van der Waals surface area (Å²) in [5, 5.41) is 9.30. The molecule has 1 aliphatic rings. The monoisotopic (exact) mass is 292 g/mol. The Balaban J connectivity index is 2.23. The van der Waals surface area contributed by atoms with E-state index in [1.807, 2.05) is 12.1 Å². The zero-order valence-corrected chi connectivity index (χ0v) is 12.5. The molecule has 0 radical (unpaired) electrons. The highest BCUT2D eigenvalue weighted by atomic mass is 16.5.